The molecule has 0 fully saturated rings. The van der Waals surface area contributed by atoms with Crippen molar-refractivity contribution in [3.05, 3.63) is 0 Å². The lowest BCUT2D eigenvalue weighted by Gasteiger charge is -2.00. The SMILES string of the molecule is CC(=O)OCC(C)C#N. The zero-order valence-corrected chi connectivity index (χ0v) is 5.55. The lowest BCUT2D eigenvalue weighted by molar-refractivity contribution is -0.141. The van der Waals surface area contributed by atoms with Gasteiger partial charge in [0.2, 0.25) is 0 Å². The topological polar surface area (TPSA) is 50.1 Å². The lowest BCUT2D eigenvalue weighted by Crippen LogP contribution is -2.06. The molecule has 0 bridgehead atoms. The molecule has 0 aliphatic rings. The van der Waals surface area contributed by atoms with E-state index >= 15 is 0 Å². The van der Waals surface area contributed by atoms with Crippen LogP contribution in [-0.2, 0) is 9.53 Å². The fourth-order valence-corrected chi connectivity index (χ4v) is 0.280. The molecule has 0 aromatic carbocycles. The lowest BCUT2D eigenvalue weighted by atomic mass is 10.2. The smallest absolute Gasteiger partial charge is 0.302 e. The van der Waals surface area contributed by atoms with Crippen molar-refractivity contribution in [3.8, 4) is 6.07 Å². The summed E-state index contributed by atoms with van der Waals surface area (Å²) < 4.78 is 4.53. The zero-order valence-electron chi connectivity index (χ0n) is 5.55. The fourth-order valence-electron chi connectivity index (χ4n) is 0.280. The maximum atomic E-state index is 10.1. The zero-order chi connectivity index (χ0) is 7.28. The molecule has 0 aliphatic carbocycles. The quantitative estimate of drug-likeness (QED) is 0.513. The van der Waals surface area contributed by atoms with E-state index in [1.165, 1.54) is 6.92 Å². The molecule has 3 nitrogen and oxygen atoms in total. The van der Waals surface area contributed by atoms with Crippen LogP contribution in [0.4, 0.5) is 0 Å². The number of esters is 1. The molecule has 1 unspecified atom stereocenters. The molecule has 0 radical (unpaired) electrons. The standard InChI is InChI=1S/C6H9NO2/c1-5(3-7)4-9-6(2)8/h5H,4H2,1-2H3. The number of ether oxygens (including phenoxy) is 1. The highest BCUT2D eigenvalue weighted by Crippen LogP contribution is 1.91. The summed E-state index contributed by atoms with van der Waals surface area (Å²) in [5.74, 6) is -0.536. The van der Waals surface area contributed by atoms with Gasteiger partial charge in [-0.1, -0.05) is 0 Å². The van der Waals surface area contributed by atoms with Crippen molar-refractivity contribution in [1.29, 1.82) is 5.26 Å². The number of nitriles is 1. The Morgan fingerprint density at radius 3 is 2.78 bits per heavy atom. The minimum Gasteiger partial charge on any atom is -0.464 e. The Balaban J connectivity index is 3.30. The number of nitrogens with zero attached hydrogens (tertiary/aromatic N) is 1. The second-order valence-electron chi connectivity index (χ2n) is 1.83. The van der Waals surface area contributed by atoms with Gasteiger partial charge in [0, 0.05) is 6.92 Å². The van der Waals surface area contributed by atoms with E-state index in [4.69, 9.17) is 5.26 Å². The average Bonchev–Trinajstić information content (AvgIpc) is 1.83. The van der Waals surface area contributed by atoms with Gasteiger partial charge in [0.1, 0.15) is 6.61 Å². The summed E-state index contributed by atoms with van der Waals surface area (Å²) in [5.41, 5.74) is 0. The minimum atomic E-state index is -0.336. The van der Waals surface area contributed by atoms with E-state index in [9.17, 15) is 4.79 Å². The highest BCUT2D eigenvalue weighted by atomic mass is 16.5. The molecule has 0 rings (SSSR count). The van der Waals surface area contributed by atoms with Crippen LogP contribution in [0.25, 0.3) is 0 Å². The molecular weight excluding hydrogens is 118 g/mol. The first-order chi connectivity index (χ1) is 4.16. The third-order valence-corrected chi connectivity index (χ3v) is 0.757. The summed E-state index contributed by atoms with van der Waals surface area (Å²) in [6.07, 6.45) is 0. The first kappa shape index (κ1) is 7.96. The number of carbonyl (C=O) groups excluding carboxylic acids is 1. The molecular formula is C6H9NO2. The molecule has 0 aliphatic heterocycles. The van der Waals surface area contributed by atoms with E-state index in [0.29, 0.717) is 0 Å². The van der Waals surface area contributed by atoms with Crippen molar-refractivity contribution in [1.82, 2.24) is 0 Å². The van der Waals surface area contributed by atoms with Crippen molar-refractivity contribution in [2.24, 2.45) is 5.92 Å². The van der Waals surface area contributed by atoms with Gasteiger partial charge in [-0.25, -0.2) is 0 Å². The largest absolute Gasteiger partial charge is 0.464 e. The van der Waals surface area contributed by atoms with E-state index in [1.807, 2.05) is 6.07 Å². The Bertz CT molecular complexity index is 136. The summed E-state index contributed by atoms with van der Waals surface area (Å²) >= 11 is 0. The van der Waals surface area contributed by atoms with Gasteiger partial charge in [0.25, 0.3) is 0 Å². The number of carbonyl (C=O) groups is 1. The molecule has 50 valence electrons. The molecule has 0 heterocycles. The van der Waals surface area contributed by atoms with Crippen LogP contribution in [0.2, 0.25) is 0 Å². The van der Waals surface area contributed by atoms with E-state index in [1.54, 1.807) is 6.92 Å². The first-order valence-electron chi connectivity index (χ1n) is 2.69. The maximum Gasteiger partial charge on any atom is 0.302 e. The number of hydrogen-bond donors (Lipinski definition) is 0. The predicted molar refractivity (Wildman–Crippen MR) is 31.4 cm³/mol. The molecule has 1 atom stereocenters. The highest BCUT2D eigenvalue weighted by Gasteiger charge is 1.99. The molecule has 0 aromatic heterocycles. The van der Waals surface area contributed by atoms with Gasteiger partial charge in [-0.15, -0.1) is 0 Å². The number of hydrogen-bond acceptors (Lipinski definition) is 3. The molecule has 0 saturated heterocycles. The number of rotatable bonds is 2. The summed E-state index contributed by atoms with van der Waals surface area (Å²) in [4.78, 5) is 10.1. The van der Waals surface area contributed by atoms with Gasteiger partial charge in [-0.2, -0.15) is 5.26 Å². The molecule has 0 aromatic rings. The van der Waals surface area contributed by atoms with Gasteiger partial charge < -0.3 is 4.74 Å². The predicted octanol–water partition coefficient (Wildman–Crippen LogP) is 0.709. The van der Waals surface area contributed by atoms with E-state index in [0.717, 1.165) is 0 Å². The van der Waals surface area contributed by atoms with Crippen molar-refractivity contribution in [2.45, 2.75) is 13.8 Å². The van der Waals surface area contributed by atoms with Crippen LogP contribution in [0.5, 0.6) is 0 Å². The van der Waals surface area contributed by atoms with E-state index < -0.39 is 0 Å². The molecule has 3 heteroatoms. The second kappa shape index (κ2) is 3.90. The third kappa shape index (κ3) is 4.82. The third-order valence-electron chi connectivity index (χ3n) is 0.757. The monoisotopic (exact) mass is 127 g/mol. The Labute approximate surface area is 54.2 Å². The van der Waals surface area contributed by atoms with Crippen molar-refractivity contribution >= 4 is 5.97 Å². The van der Waals surface area contributed by atoms with Crippen LogP contribution in [0.1, 0.15) is 13.8 Å². The van der Waals surface area contributed by atoms with E-state index in [2.05, 4.69) is 4.74 Å². The minimum absolute atomic E-state index is 0.200. The normalized spacial score (nSPS) is 11.7. The second-order valence-corrected chi connectivity index (χ2v) is 1.83. The summed E-state index contributed by atoms with van der Waals surface area (Å²) in [5, 5.41) is 8.21. The summed E-state index contributed by atoms with van der Waals surface area (Å²) in [6.45, 7) is 3.22. The van der Waals surface area contributed by atoms with Crippen LogP contribution >= 0.6 is 0 Å². The Morgan fingerprint density at radius 2 is 2.44 bits per heavy atom. The Kier molecular flexibility index (Phi) is 3.45. The van der Waals surface area contributed by atoms with Gasteiger partial charge in [-0.05, 0) is 6.92 Å². The Hall–Kier alpha value is -1.04. The van der Waals surface area contributed by atoms with E-state index in [-0.39, 0.29) is 18.5 Å². The van der Waals surface area contributed by atoms with Gasteiger partial charge in [-0.3, -0.25) is 4.79 Å². The molecule has 9 heavy (non-hydrogen) atoms. The van der Waals surface area contributed by atoms with Gasteiger partial charge >= 0.3 is 5.97 Å². The first-order valence-corrected chi connectivity index (χ1v) is 2.69. The molecule has 0 N–H and O–H groups in total. The summed E-state index contributed by atoms with van der Waals surface area (Å²) in [6, 6.07) is 1.94. The van der Waals surface area contributed by atoms with Crippen LogP contribution in [0.15, 0.2) is 0 Å². The van der Waals surface area contributed by atoms with Crippen LogP contribution in [-0.4, -0.2) is 12.6 Å². The van der Waals surface area contributed by atoms with Crippen LogP contribution in [0, 0.1) is 17.2 Å². The van der Waals surface area contributed by atoms with Crippen molar-refractivity contribution < 1.29 is 9.53 Å². The van der Waals surface area contributed by atoms with Crippen molar-refractivity contribution in [3.63, 3.8) is 0 Å². The molecule has 0 spiro atoms. The van der Waals surface area contributed by atoms with Gasteiger partial charge in [0.05, 0.1) is 12.0 Å². The average molecular weight is 127 g/mol. The fraction of sp³-hybridized carbons (Fsp3) is 0.667. The maximum absolute atomic E-state index is 10.1. The van der Waals surface area contributed by atoms with Crippen LogP contribution < -0.4 is 0 Å². The molecule has 0 amide bonds. The van der Waals surface area contributed by atoms with Gasteiger partial charge in [0.15, 0.2) is 0 Å². The van der Waals surface area contributed by atoms with Crippen LogP contribution in [0.3, 0.4) is 0 Å². The van der Waals surface area contributed by atoms with Crippen molar-refractivity contribution in [2.75, 3.05) is 6.61 Å². The Morgan fingerprint density at radius 1 is 1.89 bits per heavy atom. The highest BCUT2D eigenvalue weighted by molar-refractivity contribution is 5.65. The molecule has 0 saturated carbocycles. The summed E-state index contributed by atoms with van der Waals surface area (Å²) in [7, 11) is 0.